The first kappa shape index (κ1) is 32.0. The number of carbonyl (C=O) groups is 2. The number of halogens is 2. The van der Waals surface area contributed by atoms with E-state index in [0.29, 0.717) is 27.9 Å². The lowest BCUT2D eigenvalue weighted by molar-refractivity contribution is -0.140. The zero-order valence-corrected chi connectivity index (χ0v) is 25.6. The van der Waals surface area contributed by atoms with Gasteiger partial charge >= 0.3 is 0 Å². The third-order valence-corrected chi connectivity index (χ3v) is 8.89. The number of hydrogen-bond donors (Lipinski definition) is 1. The molecule has 0 saturated carbocycles. The van der Waals surface area contributed by atoms with E-state index in [2.05, 4.69) is 5.32 Å². The van der Waals surface area contributed by atoms with E-state index in [1.807, 2.05) is 0 Å². The third-order valence-electron chi connectivity index (χ3n) is 6.39. The number of ether oxygens (including phenoxy) is 2. The molecular formula is C29H33Cl2N3O6S. The van der Waals surface area contributed by atoms with Gasteiger partial charge in [0.1, 0.15) is 12.6 Å². The summed E-state index contributed by atoms with van der Waals surface area (Å²) in [6.45, 7) is 3.15. The largest absolute Gasteiger partial charge is 0.493 e. The second-order valence-corrected chi connectivity index (χ2v) is 11.6. The minimum Gasteiger partial charge on any atom is -0.493 e. The van der Waals surface area contributed by atoms with Crippen molar-refractivity contribution >= 4 is 50.7 Å². The number of carbonyl (C=O) groups excluding carboxylic acids is 2. The molecule has 0 radical (unpaired) electrons. The zero-order valence-electron chi connectivity index (χ0n) is 23.3. The average Bonchev–Trinajstić information content (AvgIpc) is 2.97. The number of methoxy groups -OCH3 is 2. The van der Waals surface area contributed by atoms with Crippen LogP contribution < -0.4 is 19.1 Å². The molecule has 0 aliphatic carbocycles. The molecule has 3 rings (SSSR count). The van der Waals surface area contributed by atoms with Crippen molar-refractivity contribution in [3.63, 3.8) is 0 Å². The van der Waals surface area contributed by atoms with Crippen LogP contribution in [0, 0.1) is 0 Å². The molecule has 0 bridgehead atoms. The molecule has 0 fully saturated rings. The van der Waals surface area contributed by atoms with Crippen molar-refractivity contribution in [2.45, 2.75) is 37.8 Å². The topological polar surface area (TPSA) is 105 Å². The van der Waals surface area contributed by atoms with E-state index >= 15 is 0 Å². The summed E-state index contributed by atoms with van der Waals surface area (Å²) in [7, 11) is -1.35. The Kier molecular flexibility index (Phi) is 11.3. The van der Waals surface area contributed by atoms with Gasteiger partial charge in [-0.25, -0.2) is 8.42 Å². The monoisotopic (exact) mass is 621 g/mol. The summed E-state index contributed by atoms with van der Waals surface area (Å²) in [5.41, 5.74) is 0.608. The van der Waals surface area contributed by atoms with Crippen LogP contribution >= 0.6 is 23.2 Å². The molecule has 0 heterocycles. The number of sulfonamides is 1. The summed E-state index contributed by atoms with van der Waals surface area (Å²) in [5, 5.41) is 3.38. The maximum atomic E-state index is 14.1. The van der Waals surface area contributed by atoms with E-state index in [1.54, 1.807) is 56.3 Å². The molecule has 3 aromatic carbocycles. The van der Waals surface area contributed by atoms with Gasteiger partial charge in [0, 0.05) is 34.8 Å². The van der Waals surface area contributed by atoms with Gasteiger partial charge in [0.25, 0.3) is 10.0 Å². The van der Waals surface area contributed by atoms with Crippen LogP contribution in [-0.4, -0.2) is 58.5 Å². The van der Waals surface area contributed by atoms with E-state index in [-0.39, 0.29) is 35.2 Å². The number of nitrogens with one attached hydrogen (secondary N) is 1. The third kappa shape index (κ3) is 7.44. The second kappa shape index (κ2) is 14.4. The highest BCUT2D eigenvalue weighted by Crippen LogP contribution is 2.34. The molecule has 0 spiro atoms. The average molecular weight is 623 g/mol. The molecule has 12 heteroatoms. The van der Waals surface area contributed by atoms with Gasteiger partial charge in [-0.05, 0) is 49.7 Å². The van der Waals surface area contributed by atoms with Crippen molar-refractivity contribution in [1.82, 2.24) is 10.2 Å². The van der Waals surface area contributed by atoms with E-state index in [9.17, 15) is 18.0 Å². The van der Waals surface area contributed by atoms with Crippen LogP contribution in [0.5, 0.6) is 11.5 Å². The Balaban J connectivity index is 2.14. The Bertz CT molecular complexity index is 1450. The van der Waals surface area contributed by atoms with E-state index < -0.39 is 28.5 Å². The Hall–Kier alpha value is -3.47. The molecule has 1 N–H and O–H groups in total. The Morgan fingerprint density at radius 2 is 1.54 bits per heavy atom. The number of rotatable bonds is 13. The van der Waals surface area contributed by atoms with Crippen LogP contribution in [-0.2, 0) is 26.2 Å². The predicted molar refractivity (Wildman–Crippen MR) is 160 cm³/mol. The highest BCUT2D eigenvalue weighted by Gasteiger charge is 2.34. The summed E-state index contributed by atoms with van der Waals surface area (Å²) in [6, 6.07) is 16.3. The fraction of sp³-hybridized carbons (Fsp3) is 0.310. The van der Waals surface area contributed by atoms with Gasteiger partial charge in [-0.1, -0.05) is 54.4 Å². The Labute approximate surface area is 251 Å². The number of nitrogens with zero attached hydrogens (tertiary/aromatic N) is 2. The van der Waals surface area contributed by atoms with Gasteiger partial charge < -0.3 is 19.7 Å². The lowest BCUT2D eigenvalue weighted by atomic mass is 10.1. The number of amides is 2. The molecule has 220 valence electrons. The molecule has 0 saturated heterocycles. The SMILES string of the molecule is CCNC(=O)C(CC)N(Cc1c(Cl)cccc1Cl)C(=O)CN(c1ccc(OC)c(OC)c1)S(=O)(=O)c1ccccc1. The van der Waals surface area contributed by atoms with Crippen LogP contribution in [0.3, 0.4) is 0 Å². The minimum absolute atomic E-state index is 0.0148. The first-order valence-electron chi connectivity index (χ1n) is 12.9. The number of anilines is 1. The first-order chi connectivity index (χ1) is 19.6. The Morgan fingerprint density at radius 3 is 2.10 bits per heavy atom. The van der Waals surface area contributed by atoms with Crippen molar-refractivity contribution in [2.75, 3.05) is 31.6 Å². The fourth-order valence-corrected chi connectivity index (χ4v) is 6.24. The molecule has 1 unspecified atom stereocenters. The molecule has 3 aromatic rings. The second-order valence-electron chi connectivity index (χ2n) is 8.90. The zero-order chi connectivity index (χ0) is 30.2. The molecule has 2 amide bonds. The van der Waals surface area contributed by atoms with E-state index in [0.717, 1.165) is 4.31 Å². The normalized spacial score (nSPS) is 11.9. The summed E-state index contributed by atoms with van der Waals surface area (Å²) < 4.78 is 39.6. The standard InChI is InChI=1S/C29H33Cl2N3O6S/c1-5-25(29(36)32-6-2)33(18-22-23(30)13-10-14-24(22)31)28(35)19-34(41(37,38)21-11-8-7-9-12-21)20-15-16-26(39-3)27(17-20)40-4/h7-17,25H,5-6,18-19H2,1-4H3,(H,32,36). The maximum absolute atomic E-state index is 14.1. The van der Waals surface area contributed by atoms with Gasteiger partial charge in [-0.15, -0.1) is 0 Å². The molecule has 41 heavy (non-hydrogen) atoms. The molecule has 0 aliphatic heterocycles. The number of benzene rings is 3. The van der Waals surface area contributed by atoms with Crippen LogP contribution in [0.1, 0.15) is 25.8 Å². The lowest BCUT2D eigenvalue weighted by Gasteiger charge is -2.33. The molecule has 0 aromatic heterocycles. The van der Waals surface area contributed by atoms with Crippen molar-refractivity contribution in [2.24, 2.45) is 0 Å². The molecular weight excluding hydrogens is 589 g/mol. The first-order valence-corrected chi connectivity index (χ1v) is 15.1. The van der Waals surface area contributed by atoms with Crippen molar-refractivity contribution in [3.05, 3.63) is 82.3 Å². The smallest absolute Gasteiger partial charge is 0.264 e. The van der Waals surface area contributed by atoms with Crippen molar-refractivity contribution in [1.29, 1.82) is 0 Å². The Morgan fingerprint density at radius 1 is 0.902 bits per heavy atom. The van der Waals surface area contributed by atoms with Crippen LogP contribution in [0.15, 0.2) is 71.6 Å². The van der Waals surface area contributed by atoms with Crippen LogP contribution in [0.2, 0.25) is 10.0 Å². The van der Waals surface area contributed by atoms with Gasteiger partial charge in [0.05, 0.1) is 24.8 Å². The van der Waals surface area contributed by atoms with Gasteiger partial charge in [0.15, 0.2) is 11.5 Å². The highest BCUT2D eigenvalue weighted by molar-refractivity contribution is 7.92. The van der Waals surface area contributed by atoms with Crippen LogP contribution in [0.4, 0.5) is 5.69 Å². The lowest BCUT2D eigenvalue weighted by Crippen LogP contribution is -2.52. The predicted octanol–water partition coefficient (Wildman–Crippen LogP) is 5.15. The van der Waals surface area contributed by atoms with Crippen molar-refractivity contribution in [3.8, 4) is 11.5 Å². The van der Waals surface area contributed by atoms with E-state index in [4.69, 9.17) is 32.7 Å². The van der Waals surface area contributed by atoms with Gasteiger partial charge in [-0.3, -0.25) is 13.9 Å². The number of hydrogen-bond acceptors (Lipinski definition) is 6. The van der Waals surface area contributed by atoms with Crippen LogP contribution in [0.25, 0.3) is 0 Å². The summed E-state index contributed by atoms with van der Waals surface area (Å²) in [5.74, 6) is -0.348. The highest BCUT2D eigenvalue weighted by atomic mass is 35.5. The molecule has 0 aliphatic rings. The van der Waals surface area contributed by atoms with Gasteiger partial charge in [0.2, 0.25) is 11.8 Å². The molecule has 9 nitrogen and oxygen atoms in total. The van der Waals surface area contributed by atoms with E-state index in [1.165, 1.54) is 43.4 Å². The summed E-state index contributed by atoms with van der Waals surface area (Å²) >= 11 is 12.9. The maximum Gasteiger partial charge on any atom is 0.264 e. The summed E-state index contributed by atoms with van der Waals surface area (Å²) in [4.78, 5) is 28.5. The fourth-order valence-electron chi connectivity index (χ4n) is 4.29. The summed E-state index contributed by atoms with van der Waals surface area (Å²) in [6.07, 6.45) is 0.265. The van der Waals surface area contributed by atoms with Crippen molar-refractivity contribution < 1.29 is 27.5 Å². The molecule has 1 atom stereocenters. The quantitative estimate of drug-likeness (QED) is 0.283. The minimum atomic E-state index is -4.24. The van der Waals surface area contributed by atoms with Gasteiger partial charge in [-0.2, -0.15) is 0 Å². The number of likely N-dealkylation sites (N-methyl/N-ethyl adjacent to an activating group) is 1.